The molecule has 170 valence electrons. The van der Waals surface area contributed by atoms with E-state index in [4.69, 9.17) is 16.3 Å². The van der Waals surface area contributed by atoms with Gasteiger partial charge in [-0.15, -0.1) is 0 Å². The zero-order chi connectivity index (χ0) is 22.9. The number of halogens is 1. The summed E-state index contributed by atoms with van der Waals surface area (Å²) in [6, 6.07) is 11.9. The van der Waals surface area contributed by atoms with E-state index in [0.29, 0.717) is 54.1 Å². The average Bonchev–Trinajstić information content (AvgIpc) is 3.15. The quantitative estimate of drug-likeness (QED) is 0.364. The Kier molecular flexibility index (Phi) is 6.92. The molecule has 0 N–H and O–H groups in total. The van der Waals surface area contributed by atoms with Crippen LogP contribution in [0.15, 0.2) is 52.5 Å². The number of hydrogen-bond acceptors (Lipinski definition) is 6. The van der Waals surface area contributed by atoms with E-state index in [2.05, 4.69) is 4.98 Å². The van der Waals surface area contributed by atoms with E-state index >= 15 is 0 Å². The van der Waals surface area contributed by atoms with Crippen molar-refractivity contribution in [1.29, 1.82) is 0 Å². The molecular weight excluding hydrogens is 470 g/mol. The smallest absolute Gasteiger partial charge is 0.243 e. The number of fused-ring (bicyclic) bond motifs is 1. The number of thioether (sulfide) groups is 1. The van der Waals surface area contributed by atoms with E-state index in [1.807, 2.05) is 18.4 Å². The largest absolute Gasteiger partial charge is 0.379 e. The Morgan fingerprint density at radius 2 is 1.97 bits per heavy atom. The number of ketones is 1. The SMILES string of the molecule is CCn1c(S[C@@H](C)C(=O)c2cccc(Cl)c2)nc2cc(S(=O)(=O)N3CCOCC3)ccc21. The highest BCUT2D eigenvalue weighted by molar-refractivity contribution is 8.00. The highest BCUT2D eigenvalue weighted by Crippen LogP contribution is 2.31. The van der Waals surface area contributed by atoms with Gasteiger partial charge in [-0.25, -0.2) is 13.4 Å². The van der Waals surface area contributed by atoms with Crippen LogP contribution in [0.2, 0.25) is 5.02 Å². The van der Waals surface area contributed by atoms with Crippen LogP contribution in [0.5, 0.6) is 0 Å². The maximum atomic E-state index is 13.0. The van der Waals surface area contributed by atoms with E-state index in [-0.39, 0.29) is 15.9 Å². The summed E-state index contributed by atoms with van der Waals surface area (Å²) in [7, 11) is -3.61. The van der Waals surface area contributed by atoms with E-state index in [0.717, 1.165) is 5.52 Å². The number of Topliss-reactive ketones (excluding diaryl/α,β-unsaturated/α-hetero) is 1. The number of carbonyl (C=O) groups is 1. The molecule has 1 atom stereocenters. The van der Waals surface area contributed by atoms with Crippen LogP contribution >= 0.6 is 23.4 Å². The summed E-state index contributed by atoms with van der Waals surface area (Å²) in [5.41, 5.74) is 1.97. The van der Waals surface area contributed by atoms with Gasteiger partial charge in [-0.3, -0.25) is 4.79 Å². The third kappa shape index (κ3) is 4.58. The van der Waals surface area contributed by atoms with Crippen LogP contribution in [-0.4, -0.2) is 59.6 Å². The van der Waals surface area contributed by atoms with Gasteiger partial charge >= 0.3 is 0 Å². The number of ether oxygens (including phenoxy) is 1. The Hall–Kier alpha value is -1.91. The number of hydrogen-bond donors (Lipinski definition) is 0. The van der Waals surface area contributed by atoms with Crippen LogP contribution in [0.1, 0.15) is 24.2 Å². The van der Waals surface area contributed by atoms with Crippen molar-refractivity contribution in [3.63, 3.8) is 0 Å². The van der Waals surface area contributed by atoms with E-state index < -0.39 is 10.0 Å². The molecule has 4 rings (SSSR count). The molecule has 2 aromatic carbocycles. The van der Waals surface area contributed by atoms with Gasteiger partial charge in [0.2, 0.25) is 10.0 Å². The van der Waals surface area contributed by atoms with Crippen LogP contribution in [0.4, 0.5) is 0 Å². The van der Waals surface area contributed by atoms with Crippen LogP contribution in [0.25, 0.3) is 11.0 Å². The first-order chi connectivity index (χ1) is 15.3. The molecule has 3 aromatic rings. The van der Waals surface area contributed by atoms with Crippen molar-refractivity contribution in [2.75, 3.05) is 26.3 Å². The second-order valence-electron chi connectivity index (χ2n) is 7.44. The van der Waals surface area contributed by atoms with Crippen LogP contribution in [0.3, 0.4) is 0 Å². The first-order valence-corrected chi connectivity index (χ1v) is 13.1. The summed E-state index contributed by atoms with van der Waals surface area (Å²) in [6.07, 6.45) is 0. The van der Waals surface area contributed by atoms with Gasteiger partial charge in [-0.05, 0) is 44.2 Å². The predicted molar refractivity (Wildman–Crippen MR) is 126 cm³/mol. The van der Waals surface area contributed by atoms with Gasteiger partial charge in [-0.1, -0.05) is 35.5 Å². The second kappa shape index (κ2) is 9.52. The molecule has 0 unspecified atom stereocenters. The number of morpholine rings is 1. The highest BCUT2D eigenvalue weighted by Gasteiger charge is 2.27. The highest BCUT2D eigenvalue weighted by atomic mass is 35.5. The fourth-order valence-electron chi connectivity index (χ4n) is 3.67. The lowest BCUT2D eigenvalue weighted by atomic mass is 10.1. The summed E-state index contributed by atoms with van der Waals surface area (Å²) in [4.78, 5) is 17.8. The van der Waals surface area contributed by atoms with Gasteiger partial charge < -0.3 is 9.30 Å². The van der Waals surface area contributed by atoms with E-state index in [1.165, 1.54) is 16.1 Å². The lowest BCUT2D eigenvalue weighted by Crippen LogP contribution is -2.40. The number of nitrogens with zero attached hydrogens (tertiary/aromatic N) is 3. The molecule has 0 amide bonds. The van der Waals surface area contributed by atoms with Crippen molar-refractivity contribution < 1.29 is 17.9 Å². The van der Waals surface area contributed by atoms with Gasteiger partial charge in [0.1, 0.15) is 0 Å². The fourth-order valence-corrected chi connectivity index (χ4v) is 6.35. The molecule has 1 fully saturated rings. The van der Waals surface area contributed by atoms with Crippen LogP contribution in [0, 0.1) is 0 Å². The number of benzene rings is 2. The Morgan fingerprint density at radius 3 is 2.66 bits per heavy atom. The molecule has 1 aromatic heterocycles. The van der Waals surface area contributed by atoms with Crippen molar-refractivity contribution >= 4 is 50.2 Å². The molecule has 1 aliphatic rings. The molecule has 32 heavy (non-hydrogen) atoms. The summed E-state index contributed by atoms with van der Waals surface area (Å²) >= 11 is 7.38. The second-order valence-corrected chi connectivity index (χ2v) is 11.1. The monoisotopic (exact) mass is 493 g/mol. The molecule has 1 saturated heterocycles. The van der Waals surface area contributed by atoms with Crippen molar-refractivity contribution in [1.82, 2.24) is 13.9 Å². The lowest BCUT2D eigenvalue weighted by Gasteiger charge is -2.26. The number of sulfonamides is 1. The number of carbonyl (C=O) groups excluding carboxylic acids is 1. The van der Waals surface area contributed by atoms with Crippen molar-refractivity contribution in [2.45, 2.75) is 35.7 Å². The summed E-state index contributed by atoms with van der Waals surface area (Å²) in [6.45, 7) is 5.94. The number of imidazole rings is 1. The molecular formula is C22H24ClN3O4S2. The minimum Gasteiger partial charge on any atom is -0.379 e. The molecule has 0 bridgehead atoms. The normalized spacial score (nSPS) is 16.3. The minimum absolute atomic E-state index is 0.0391. The van der Waals surface area contributed by atoms with E-state index in [9.17, 15) is 13.2 Å². The van der Waals surface area contributed by atoms with Crippen LogP contribution < -0.4 is 0 Å². The van der Waals surface area contributed by atoms with Crippen LogP contribution in [-0.2, 0) is 21.3 Å². The average molecular weight is 494 g/mol. The zero-order valence-corrected chi connectivity index (χ0v) is 20.2. The topological polar surface area (TPSA) is 81.5 Å². The summed E-state index contributed by atoms with van der Waals surface area (Å²) < 4.78 is 34.7. The maximum absolute atomic E-state index is 13.0. The van der Waals surface area contributed by atoms with Crippen molar-refractivity contribution in [3.8, 4) is 0 Å². The third-order valence-corrected chi connectivity index (χ3v) is 8.59. The van der Waals surface area contributed by atoms with Gasteiger partial charge in [0, 0.05) is 30.2 Å². The first-order valence-electron chi connectivity index (χ1n) is 10.4. The predicted octanol–water partition coefficient (Wildman–Crippen LogP) is 4.09. The van der Waals surface area contributed by atoms with Crippen molar-refractivity contribution in [2.24, 2.45) is 0 Å². The summed E-state index contributed by atoms with van der Waals surface area (Å²) in [5, 5.41) is 0.807. The Labute approximate surface area is 196 Å². The third-order valence-electron chi connectivity index (χ3n) is 5.37. The number of rotatable bonds is 7. The molecule has 1 aliphatic heterocycles. The molecule has 7 nitrogen and oxygen atoms in total. The molecule has 0 spiro atoms. The lowest BCUT2D eigenvalue weighted by molar-refractivity contribution is 0.0730. The summed E-state index contributed by atoms with van der Waals surface area (Å²) in [5.74, 6) is -0.0391. The Bertz CT molecular complexity index is 1250. The van der Waals surface area contributed by atoms with Gasteiger partial charge in [0.05, 0.1) is 34.4 Å². The molecule has 0 aliphatic carbocycles. The van der Waals surface area contributed by atoms with Gasteiger partial charge in [0.25, 0.3) is 0 Å². The molecule has 10 heteroatoms. The Balaban J connectivity index is 1.63. The van der Waals surface area contributed by atoms with Crippen molar-refractivity contribution in [3.05, 3.63) is 53.1 Å². The molecule has 2 heterocycles. The van der Waals surface area contributed by atoms with Gasteiger partial charge in [0.15, 0.2) is 10.9 Å². The molecule has 0 radical (unpaired) electrons. The van der Waals surface area contributed by atoms with E-state index in [1.54, 1.807) is 42.5 Å². The number of aryl methyl sites for hydroxylation is 1. The standard InChI is InChI=1S/C22H24ClN3O4S2/c1-3-26-20-8-7-18(32(28,29)25-9-11-30-12-10-25)14-19(20)24-22(26)31-15(2)21(27)16-5-4-6-17(23)13-16/h4-8,13-15H,3,9-12H2,1-2H3/t15-/m0/s1. The maximum Gasteiger partial charge on any atom is 0.243 e. The molecule has 0 saturated carbocycles. The number of aromatic nitrogens is 2. The fraction of sp³-hybridized carbons (Fsp3) is 0.364. The zero-order valence-electron chi connectivity index (χ0n) is 17.8. The first kappa shape index (κ1) is 23.3. The minimum atomic E-state index is -3.61. The van der Waals surface area contributed by atoms with Gasteiger partial charge in [-0.2, -0.15) is 4.31 Å². The Morgan fingerprint density at radius 1 is 1.22 bits per heavy atom.